The van der Waals surface area contributed by atoms with Gasteiger partial charge in [0.15, 0.2) is 11.5 Å². The van der Waals surface area contributed by atoms with E-state index in [0.717, 1.165) is 22.3 Å². The maximum absolute atomic E-state index is 13.8. The maximum Gasteiger partial charge on any atom is 0.243 e. The van der Waals surface area contributed by atoms with Crippen LogP contribution in [0.2, 0.25) is 0 Å². The molecule has 0 aliphatic carbocycles. The van der Waals surface area contributed by atoms with Gasteiger partial charge in [0, 0.05) is 25.9 Å². The van der Waals surface area contributed by atoms with Gasteiger partial charge in [-0.05, 0) is 68.5 Å². The van der Waals surface area contributed by atoms with Gasteiger partial charge in [-0.15, -0.1) is 0 Å². The highest BCUT2D eigenvalue weighted by Gasteiger charge is 2.30. The Morgan fingerprint density at radius 2 is 1.53 bits per heavy atom. The van der Waals surface area contributed by atoms with Crippen LogP contribution in [0.5, 0.6) is 11.5 Å². The average molecular weight is 517 g/mol. The number of likely N-dealkylation sites (N-methyl/N-ethyl adjacent to an activating group) is 1. The molecule has 0 saturated heterocycles. The first kappa shape index (κ1) is 28.8. The summed E-state index contributed by atoms with van der Waals surface area (Å²) in [5, 5.41) is 2.95. The number of ether oxygens (including phenoxy) is 2. The molecule has 6 heteroatoms. The number of rotatable bonds is 14. The molecule has 3 aromatic carbocycles. The molecule has 202 valence electrons. The van der Waals surface area contributed by atoms with Gasteiger partial charge in [-0.3, -0.25) is 9.59 Å². The number of hydrogen-bond donors (Lipinski definition) is 1. The lowest BCUT2D eigenvalue weighted by molar-refractivity contribution is -0.141. The number of hydrogen-bond acceptors (Lipinski definition) is 4. The number of carbonyl (C=O) groups excluding carboxylic acids is 2. The quantitative estimate of drug-likeness (QED) is 0.307. The Balaban J connectivity index is 1.88. The molecule has 1 atom stereocenters. The first-order chi connectivity index (χ1) is 18.5. The minimum atomic E-state index is -0.622. The zero-order valence-electron chi connectivity index (χ0n) is 23.0. The van der Waals surface area contributed by atoms with Crippen molar-refractivity contribution in [2.45, 2.75) is 59.5 Å². The third kappa shape index (κ3) is 8.10. The van der Waals surface area contributed by atoms with Gasteiger partial charge in [-0.25, -0.2) is 0 Å². The molecule has 0 bridgehead atoms. The molecule has 0 aromatic heterocycles. The van der Waals surface area contributed by atoms with Gasteiger partial charge >= 0.3 is 0 Å². The summed E-state index contributed by atoms with van der Waals surface area (Å²) < 4.78 is 11.4. The number of nitrogens with one attached hydrogen (secondary N) is 1. The standard InChI is InChI=1S/C32H40N2O4/c1-5-33-32(36)28(21-25-14-9-8-10-15-25)34(23-27-16-12-11-13-24(27)4)31(35)20-18-26-17-19-29(37-6-2)30(22-26)38-7-3/h8-17,19,22,28H,5-7,18,20-21,23H2,1-4H3,(H,33,36). The molecular formula is C32H40N2O4. The smallest absolute Gasteiger partial charge is 0.243 e. The SMILES string of the molecule is CCNC(=O)C(Cc1ccccc1)N(Cc1ccccc1C)C(=O)CCc1ccc(OCC)c(OCC)c1. The first-order valence-corrected chi connectivity index (χ1v) is 13.5. The molecule has 1 unspecified atom stereocenters. The van der Waals surface area contributed by atoms with E-state index in [9.17, 15) is 9.59 Å². The molecule has 1 N–H and O–H groups in total. The van der Waals surface area contributed by atoms with Crippen molar-refractivity contribution in [3.05, 3.63) is 95.1 Å². The van der Waals surface area contributed by atoms with Crippen LogP contribution in [0.3, 0.4) is 0 Å². The number of aryl methyl sites for hydroxylation is 2. The van der Waals surface area contributed by atoms with Crippen LogP contribution in [0.15, 0.2) is 72.8 Å². The number of benzene rings is 3. The molecule has 0 aliphatic rings. The first-order valence-electron chi connectivity index (χ1n) is 13.5. The van der Waals surface area contributed by atoms with E-state index < -0.39 is 6.04 Å². The highest BCUT2D eigenvalue weighted by Crippen LogP contribution is 2.29. The minimum absolute atomic E-state index is 0.0627. The Kier molecular flexibility index (Phi) is 11.2. The van der Waals surface area contributed by atoms with Gasteiger partial charge < -0.3 is 19.7 Å². The lowest BCUT2D eigenvalue weighted by atomic mass is 10.0. The highest BCUT2D eigenvalue weighted by atomic mass is 16.5. The van der Waals surface area contributed by atoms with Crippen LogP contribution in [-0.2, 0) is 29.0 Å². The summed E-state index contributed by atoms with van der Waals surface area (Å²) >= 11 is 0. The summed E-state index contributed by atoms with van der Waals surface area (Å²) in [6.07, 6.45) is 1.25. The van der Waals surface area contributed by atoms with Gasteiger partial charge in [-0.2, -0.15) is 0 Å². The van der Waals surface area contributed by atoms with Crippen molar-refractivity contribution >= 4 is 11.8 Å². The van der Waals surface area contributed by atoms with Crippen molar-refractivity contribution in [1.82, 2.24) is 10.2 Å². The third-order valence-corrected chi connectivity index (χ3v) is 6.46. The summed E-state index contributed by atoms with van der Waals surface area (Å²) in [6.45, 7) is 9.75. The van der Waals surface area contributed by atoms with E-state index in [1.54, 1.807) is 4.90 Å². The van der Waals surface area contributed by atoms with Gasteiger partial charge in [0.25, 0.3) is 0 Å². The largest absolute Gasteiger partial charge is 0.490 e. The number of carbonyl (C=O) groups is 2. The highest BCUT2D eigenvalue weighted by molar-refractivity contribution is 5.88. The van der Waals surface area contributed by atoms with E-state index in [1.165, 1.54) is 0 Å². The molecule has 38 heavy (non-hydrogen) atoms. The molecular weight excluding hydrogens is 476 g/mol. The normalized spacial score (nSPS) is 11.5. The second-order valence-corrected chi connectivity index (χ2v) is 9.20. The Bertz CT molecular complexity index is 1180. The van der Waals surface area contributed by atoms with E-state index >= 15 is 0 Å². The summed E-state index contributed by atoms with van der Waals surface area (Å²) in [5.74, 6) is 1.18. The Morgan fingerprint density at radius 1 is 0.842 bits per heavy atom. The second-order valence-electron chi connectivity index (χ2n) is 9.20. The second kappa shape index (κ2) is 14.8. The van der Waals surface area contributed by atoms with Crippen LogP contribution < -0.4 is 14.8 Å². The maximum atomic E-state index is 13.8. The Labute approximate surface area is 227 Å². The van der Waals surface area contributed by atoms with Crippen LogP contribution in [0, 0.1) is 6.92 Å². The van der Waals surface area contributed by atoms with Crippen LogP contribution in [0.25, 0.3) is 0 Å². The predicted octanol–water partition coefficient (Wildman–Crippen LogP) is 5.50. The zero-order chi connectivity index (χ0) is 27.3. The molecule has 2 amide bonds. The minimum Gasteiger partial charge on any atom is -0.490 e. The Hall–Kier alpha value is -3.80. The topological polar surface area (TPSA) is 67.9 Å². The average Bonchev–Trinajstić information content (AvgIpc) is 2.92. The molecule has 0 saturated carbocycles. The summed E-state index contributed by atoms with van der Waals surface area (Å²) in [4.78, 5) is 28.9. The molecule has 0 heterocycles. The molecule has 3 rings (SSSR count). The van der Waals surface area contributed by atoms with Crippen molar-refractivity contribution in [2.24, 2.45) is 0 Å². The molecule has 0 fully saturated rings. The summed E-state index contributed by atoms with van der Waals surface area (Å²) in [6, 6.07) is 23.1. The van der Waals surface area contributed by atoms with Gasteiger partial charge in [0.05, 0.1) is 13.2 Å². The molecule has 0 spiro atoms. The van der Waals surface area contributed by atoms with Crippen molar-refractivity contribution < 1.29 is 19.1 Å². The monoisotopic (exact) mass is 516 g/mol. The van der Waals surface area contributed by atoms with Crippen LogP contribution in [0.4, 0.5) is 0 Å². The van der Waals surface area contributed by atoms with Crippen LogP contribution in [-0.4, -0.2) is 42.5 Å². The fourth-order valence-electron chi connectivity index (χ4n) is 4.46. The fourth-order valence-corrected chi connectivity index (χ4v) is 4.46. The van der Waals surface area contributed by atoms with E-state index in [2.05, 4.69) is 5.32 Å². The fraction of sp³-hybridized carbons (Fsp3) is 0.375. The Morgan fingerprint density at radius 3 is 2.21 bits per heavy atom. The predicted molar refractivity (Wildman–Crippen MR) is 151 cm³/mol. The van der Waals surface area contributed by atoms with Gasteiger partial charge in [0.2, 0.25) is 11.8 Å². The molecule has 6 nitrogen and oxygen atoms in total. The molecule has 0 aliphatic heterocycles. The number of amides is 2. The summed E-state index contributed by atoms with van der Waals surface area (Å²) in [5.41, 5.74) is 4.12. The summed E-state index contributed by atoms with van der Waals surface area (Å²) in [7, 11) is 0. The van der Waals surface area contributed by atoms with E-state index in [-0.39, 0.29) is 18.2 Å². The van der Waals surface area contributed by atoms with E-state index in [1.807, 2.05) is 100 Å². The third-order valence-electron chi connectivity index (χ3n) is 6.46. The van der Waals surface area contributed by atoms with Crippen LogP contribution in [0.1, 0.15) is 49.4 Å². The lowest BCUT2D eigenvalue weighted by Gasteiger charge is -2.32. The zero-order valence-corrected chi connectivity index (χ0v) is 23.0. The van der Waals surface area contributed by atoms with Gasteiger partial charge in [-0.1, -0.05) is 60.7 Å². The van der Waals surface area contributed by atoms with Gasteiger partial charge in [0.1, 0.15) is 6.04 Å². The molecule has 3 aromatic rings. The number of nitrogens with zero attached hydrogens (tertiary/aromatic N) is 1. The van der Waals surface area contributed by atoms with Crippen molar-refractivity contribution in [3.63, 3.8) is 0 Å². The van der Waals surface area contributed by atoms with Crippen molar-refractivity contribution in [3.8, 4) is 11.5 Å². The van der Waals surface area contributed by atoms with Crippen molar-refractivity contribution in [2.75, 3.05) is 19.8 Å². The van der Waals surface area contributed by atoms with E-state index in [4.69, 9.17) is 9.47 Å². The van der Waals surface area contributed by atoms with Crippen LogP contribution >= 0.6 is 0 Å². The lowest BCUT2D eigenvalue weighted by Crippen LogP contribution is -2.50. The van der Waals surface area contributed by atoms with E-state index in [0.29, 0.717) is 50.6 Å². The molecule has 0 radical (unpaired) electrons. The van der Waals surface area contributed by atoms with Crippen molar-refractivity contribution in [1.29, 1.82) is 0 Å².